The average molecular weight is 356 g/mol. The van der Waals surface area contributed by atoms with E-state index in [0.29, 0.717) is 13.0 Å². The van der Waals surface area contributed by atoms with Crippen LogP contribution >= 0.6 is 0 Å². The highest BCUT2D eigenvalue weighted by molar-refractivity contribution is 5.76. The van der Waals surface area contributed by atoms with Crippen LogP contribution in [0.1, 0.15) is 50.5 Å². The highest BCUT2D eigenvalue weighted by Crippen LogP contribution is 2.25. The second-order valence-corrected chi connectivity index (χ2v) is 6.89. The topological polar surface area (TPSA) is 69.0 Å². The number of aryl methyl sites for hydroxylation is 3. The first-order chi connectivity index (χ1) is 12.7. The Morgan fingerprint density at radius 2 is 2.08 bits per heavy atom. The number of carbonyl (C=O) groups excluding carboxylic acids is 1. The second kappa shape index (κ2) is 8.83. The largest absolute Gasteiger partial charge is 0.489 e. The highest BCUT2D eigenvalue weighted by Gasteiger charge is 2.24. The van der Waals surface area contributed by atoms with Crippen LogP contribution in [0.5, 0.6) is 5.75 Å². The number of ether oxygens (including phenoxy) is 1. The first-order valence-corrected chi connectivity index (χ1v) is 9.53. The molecule has 6 nitrogen and oxygen atoms in total. The molecule has 2 aromatic rings. The molecule has 6 heteroatoms. The van der Waals surface area contributed by atoms with Gasteiger partial charge in [0.1, 0.15) is 11.6 Å². The van der Waals surface area contributed by atoms with Crippen molar-refractivity contribution in [2.45, 2.75) is 71.1 Å². The number of nitrogens with one attached hydrogen (secondary N) is 1. The van der Waals surface area contributed by atoms with Crippen molar-refractivity contribution in [3.05, 3.63) is 42.2 Å². The molecule has 0 bridgehead atoms. The summed E-state index contributed by atoms with van der Waals surface area (Å²) in [6, 6.07) is 4.13. The van der Waals surface area contributed by atoms with Crippen LogP contribution in [0.25, 0.3) is 0 Å². The lowest BCUT2D eigenvalue weighted by atomic mass is 9.93. The summed E-state index contributed by atoms with van der Waals surface area (Å²) < 4.78 is 8.13. The molecule has 1 saturated carbocycles. The predicted molar refractivity (Wildman–Crippen MR) is 100 cm³/mol. The van der Waals surface area contributed by atoms with Crippen LogP contribution in [-0.2, 0) is 17.8 Å². The van der Waals surface area contributed by atoms with Gasteiger partial charge in [-0.3, -0.25) is 9.78 Å². The monoisotopic (exact) mass is 356 g/mol. The number of aromatic nitrogens is 3. The maximum absolute atomic E-state index is 12.2. The summed E-state index contributed by atoms with van der Waals surface area (Å²) in [4.78, 5) is 20.8. The molecule has 140 valence electrons. The minimum Gasteiger partial charge on any atom is -0.489 e. The Bertz CT molecular complexity index is 720. The van der Waals surface area contributed by atoms with Crippen molar-refractivity contribution in [1.82, 2.24) is 19.9 Å². The fraction of sp³-hybridized carbons (Fsp3) is 0.550. The Labute approximate surface area is 155 Å². The number of nitrogens with zero attached hydrogens (tertiary/aromatic N) is 3. The standard InChI is InChI=1S/C20H28N4O2/c1-3-19-22-12-14-24(19)13-10-20(25)23-16-6-8-17(9-7-16)26-18-5-4-11-21-15(18)2/h4-5,11-12,14,16-17H,3,6-10,13H2,1-2H3,(H,23,25). The SMILES string of the molecule is CCc1nccn1CCC(=O)NC1CCC(Oc2cccnc2C)CC1. The van der Waals surface area contributed by atoms with Crippen molar-refractivity contribution < 1.29 is 9.53 Å². The number of imidazole rings is 1. The molecule has 1 amide bonds. The summed E-state index contributed by atoms with van der Waals surface area (Å²) in [6.07, 6.45) is 10.9. The zero-order chi connectivity index (χ0) is 18.4. The zero-order valence-corrected chi connectivity index (χ0v) is 15.6. The molecule has 2 aromatic heterocycles. The number of carbonyl (C=O) groups is 1. The molecule has 0 unspecified atom stereocenters. The third kappa shape index (κ3) is 4.84. The van der Waals surface area contributed by atoms with Gasteiger partial charge in [-0.15, -0.1) is 0 Å². The smallest absolute Gasteiger partial charge is 0.222 e. The number of hydrogen-bond donors (Lipinski definition) is 1. The number of amides is 1. The first-order valence-electron chi connectivity index (χ1n) is 9.53. The molecule has 0 aliphatic heterocycles. The first kappa shape index (κ1) is 18.4. The van der Waals surface area contributed by atoms with E-state index in [1.807, 2.05) is 25.3 Å². The van der Waals surface area contributed by atoms with E-state index in [-0.39, 0.29) is 18.1 Å². The number of hydrogen-bond acceptors (Lipinski definition) is 4. The molecule has 0 saturated heterocycles. The average Bonchev–Trinajstić information content (AvgIpc) is 3.11. The van der Waals surface area contributed by atoms with Crippen molar-refractivity contribution in [3.63, 3.8) is 0 Å². The molecule has 1 fully saturated rings. The lowest BCUT2D eigenvalue weighted by Crippen LogP contribution is -2.40. The summed E-state index contributed by atoms with van der Waals surface area (Å²) in [5, 5.41) is 3.17. The summed E-state index contributed by atoms with van der Waals surface area (Å²) >= 11 is 0. The fourth-order valence-corrected chi connectivity index (χ4v) is 3.48. The Hall–Kier alpha value is -2.37. The minimum atomic E-state index is 0.119. The van der Waals surface area contributed by atoms with Crippen LogP contribution in [0.2, 0.25) is 0 Å². The Kier molecular flexibility index (Phi) is 6.26. The van der Waals surface area contributed by atoms with E-state index in [1.165, 1.54) is 0 Å². The van der Waals surface area contributed by atoms with E-state index in [2.05, 4.69) is 26.8 Å². The lowest BCUT2D eigenvalue weighted by Gasteiger charge is -2.29. The third-order valence-corrected chi connectivity index (χ3v) is 4.99. The van der Waals surface area contributed by atoms with Crippen LogP contribution in [0, 0.1) is 6.92 Å². The maximum atomic E-state index is 12.2. The quantitative estimate of drug-likeness (QED) is 0.828. The minimum absolute atomic E-state index is 0.119. The van der Waals surface area contributed by atoms with Gasteiger partial charge in [-0.05, 0) is 44.7 Å². The van der Waals surface area contributed by atoms with Crippen LogP contribution < -0.4 is 10.1 Å². The molecule has 3 rings (SSSR count). The van der Waals surface area contributed by atoms with Crippen LogP contribution in [0.3, 0.4) is 0 Å². The van der Waals surface area contributed by atoms with Gasteiger partial charge >= 0.3 is 0 Å². The van der Waals surface area contributed by atoms with Crippen molar-refractivity contribution in [2.75, 3.05) is 0 Å². The van der Waals surface area contributed by atoms with Gasteiger partial charge in [-0.1, -0.05) is 6.92 Å². The lowest BCUT2D eigenvalue weighted by molar-refractivity contribution is -0.122. The van der Waals surface area contributed by atoms with Crippen molar-refractivity contribution >= 4 is 5.91 Å². The molecule has 26 heavy (non-hydrogen) atoms. The molecule has 1 N–H and O–H groups in total. The molecule has 0 aromatic carbocycles. The fourth-order valence-electron chi connectivity index (χ4n) is 3.48. The molecule has 0 atom stereocenters. The van der Waals surface area contributed by atoms with Crippen LogP contribution in [-0.4, -0.2) is 32.6 Å². The predicted octanol–water partition coefficient (Wildman–Crippen LogP) is 3.05. The summed E-state index contributed by atoms with van der Waals surface area (Å²) in [5.41, 5.74) is 0.925. The highest BCUT2D eigenvalue weighted by atomic mass is 16.5. The van der Waals surface area contributed by atoms with Gasteiger partial charge in [0.25, 0.3) is 0 Å². The zero-order valence-electron chi connectivity index (χ0n) is 15.6. The third-order valence-electron chi connectivity index (χ3n) is 4.99. The number of rotatable bonds is 7. The molecule has 0 spiro atoms. The summed E-state index contributed by atoms with van der Waals surface area (Å²) in [6.45, 7) is 4.73. The molecule has 2 heterocycles. The van der Waals surface area contributed by atoms with E-state index in [0.717, 1.165) is 49.4 Å². The van der Waals surface area contributed by atoms with E-state index < -0.39 is 0 Å². The van der Waals surface area contributed by atoms with Gasteiger partial charge in [0.2, 0.25) is 5.91 Å². The van der Waals surface area contributed by atoms with Gasteiger partial charge in [0.05, 0.1) is 11.8 Å². The number of pyridine rings is 1. The second-order valence-electron chi connectivity index (χ2n) is 6.89. The van der Waals surface area contributed by atoms with E-state index in [4.69, 9.17) is 4.74 Å². The maximum Gasteiger partial charge on any atom is 0.222 e. The van der Waals surface area contributed by atoms with E-state index >= 15 is 0 Å². The van der Waals surface area contributed by atoms with Gasteiger partial charge in [0.15, 0.2) is 0 Å². The van der Waals surface area contributed by atoms with Crippen LogP contribution in [0.4, 0.5) is 0 Å². The van der Waals surface area contributed by atoms with E-state index in [1.54, 1.807) is 12.4 Å². The normalized spacial score (nSPS) is 19.9. The molecule has 0 radical (unpaired) electrons. The molecular weight excluding hydrogens is 328 g/mol. The summed E-state index contributed by atoms with van der Waals surface area (Å²) in [5.74, 6) is 2.02. The van der Waals surface area contributed by atoms with Gasteiger partial charge in [0, 0.05) is 44.0 Å². The van der Waals surface area contributed by atoms with E-state index in [9.17, 15) is 4.79 Å². The Morgan fingerprint density at radius 3 is 2.81 bits per heavy atom. The van der Waals surface area contributed by atoms with Gasteiger partial charge in [-0.25, -0.2) is 4.98 Å². The molecular formula is C20H28N4O2. The Morgan fingerprint density at radius 1 is 1.27 bits per heavy atom. The Balaban J connectivity index is 1.39. The van der Waals surface area contributed by atoms with Crippen molar-refractivity contribution in [1.29, 1.82) is 0 Å². The van der Waals surface area contributed by atoms with Crippen molar-refractivity contribution in [2.24, 2.45) is 0 Å². The van der Waals surface area contributed by atoms with Crippen LogP contribution in [0.15, 0.2) is 30.7 Å². The summed E-state index contributed by atoms with van der Waals surface area (Å²) in [7, 11) is 0. The van der Waals surface area contributed by atoms with Gasteiger partial charge < -0.3 is 14.6 Å². The van der Waals surface area contributed by atoms with Gasteiger partial charge in [-0.2, -0.15) is 0 Å². The molecule has 1 aliphatic carbocycles. The molecule has 1 aliphatic rings. The van der Waals surface area contributed by atoms with Crippen molar-refractivity contribution in [3.8, 4) is 5.75 Å².